The smallest absolute Gasteiger partial charge is 0.0252 e. The zero-order valence-corrected chi connectivity index (χ0v) is 15.1. The summed E-state index contributed by atoms with van der Waals surface area (Å²) in [6.07, 6.45) is 1.25. The van der Waals surface area contributed by atoms with Crippen molar-refractivity contribution in [2.45, 2.75) is 39.4 Å². The van der Waals surface area contributed by atoms with E-state index in [2.05, 4.69) is 84.3 Å². The van der Waals surface area contributed by atoms with Crippen LogP contribution in [0.5, 0.6) is 0 Å². The quantitative estimate of drug-likeness (QED) is 0.777. The van der Waals surface area contributed by atoms with Crippen LogP contribution in [0.3, 0.4) is 0 Å². The number of nitrogens with zero attached hydrogens (tertiary/aromatic N) is 2. The second kappa shape index (κ2) is 8.46. The highest BCUT2D eigenvalue weighted by atomic mass is 15.3. The molecule has 2 heteroatoms. The molecule has 0 aliphatic carbocycles. The van der Waals surface area contributed by atoms with Gasteiger partial charge in [0, 0.05) is 38.8 Å². The molecule has 2 aromatic carbocycles. The van der Waals surface area contributed by atoms with Gasteiger partial charge in [-0.15, -0.1) is 0 Å². The van der Waals surface area contributed by atoms with Crippen molar-refractivity contribution < 1.29 is 0 Å². The van der Waals surface area contributed by atoms with Gasteiger partial charge in [-0.1, -0.05) is 80.9 Å². The number of hydrogen-bond donors (Lipinski definition) is 0. The Morgan fingerprint density at radius 1 is 0.875 bits per heavy atom. The number of hydrogen-bond acceptors (Lipinski definition) is 2. The average Bonchev–Trinajstić information content (AvgIpc) is 2.64. The van der Waals surface area contributed by atoms with Crippen molar-refractivity contribution in [3.8, 4) is 0 Å². The predicted octanol–water partition coefficient (Wildman–Crippen LogP) is 4.42. The molecule has 2 atom stereocenters. The van der Waals surface area contributed by atoms with Gasteiger partial charge in [-0.3, -0.25) is 9.80 Å². The average molecular weight is 322 g/mol. The summed E-state index contributed by atoms with van der Waals surface area (Å²) in [4.78, 5) is 5.33. The Balaban J connectivity index is 1.66. The van der Waals surface area contributed by atoms with Crippen molar-refractivity contribution in [2.24, 2.45) is 5.92 Å². The van der Waals surface area contributed by atoms with Crippen LogP contribution in [-0.2, 0) is 13.1 Å². The standard InChI is InChI=1S/C22H30N2/c1-3-19(2)22-18-23(16-20-10-6-4-7-11-20)14-15-24(22)17-21-12-8-5-9-13-21/h4-13,19,22H,3,14-18H2,1-2H3. The van der Waals surface area contributed by atoms with E-state index in [1.165, 1.54) is 24.1 Å². The Morgan fingerprint density at radius 2 is 1.46 bits per heavy atom. The van der Waals surface area contributed by atoms with Gasteiger partial charge >= 0.3 is 0 Å². The van der Waals surface area contributed by atoms with Crippen molar-refractivity contribution >= 4 is 0 Å². The molecule has 24 heavy (non-hydrogen) atoms. The van der Waals surface area contributed by atoms with E-state index < -0.39 is 0 Å². The lowest BCUT2D eigenvalue weighted by Crippen LogP contribution is -2.54. The molecule has 2 unspecified atom stereocenters. The number of benzene rings is 2. The van der Waals surface area contributed by atoms with Crippen LogP contribution in [0.2, 0.25) is 0 Å². The van der Waals surface area contributed by atoms with Crippen LogP contribution in [0, 0.1) is 5.92 Å². The van der Waals surface area contributed by atoms with Crippen molar-refractivity contribution in [1.29, 1.82) is 0 Å². The SMILES string of the molecule is CCC(C)C1CN(Cc2ccccc2)CCN1Cc1ccccc1. The third kappa shape index (κ3) is 4.46. The van der Waals surface area contributed by atoms with Crippen LogP contribution >= 0.6 is 0 Å². The first-order chi connectivity index (χ1) is 11.8. The molecule has 0 spiro atoms. The fourth-order valence-corrected chi connectivity index (χ4v) is 3.72. The third-order valence-corrected chi connectivity index (χ3v) is 5.40. The highest BCUT2D eigenvalue weighted by molar-refractivity contribution is 5.16. The van der Waals surface area contributed by atoms with Gasteiger partial charge in [0.25, 0.3) is 0 Å². The van der Waals surface area contributed by atoms with E-state index in [1.807, 2.05) is 0 Å². The number of rotatable bonds is 6. The van der Waals surface area contributed by atoms with E-state index in [4.69, 9.17) is 0 Å². The highest BCUT2D eigenvalue weighted by Gasteiger charge is 2.30. The molecule has 1 fully saturated rings. The molecule has 1 heterocycles. The Labute approximate surface area is 147 Å². The van der Waals surface area contributed by atoms with Crippen molar-refractivity contribution in [1.82, 2.24) is 9.80 Å². The topological polar surface area (TPSA) is 6.48 Å². The van der Waals surface area contributed by atoms with E-state index in [1.54, 1.807) is 0 Å². The molecule has 2 aromatic rings. The molecular weight excluding hydrogens is 292 g/mol. The molecule has 1 saturated heterocycles. The van der Waals surface area contributed by atoms with E-state index in [0.717, 1.165) is 32.1 Å². The van der Waals surface area contributed by atoms with Crippen LogP contribution in [0.4, 0.5) is 0 Å². The monoisotopic (exact) mass is 322 g/mol. The molecule has 0 bridgehead atoms. The molecule has 3 rings (SSSR count). The number of piperazine rings is 1. The van der Waals surface area contributed by atoms with E-state index in [-0.39, 0.29) is 0 Å². The molecule has 0 radical (unpaired) electrons. The largest absolute Gasteiger partial charge is 0.296 e. The molecule has 1 aliphatic rings. The normalized spacial score (nSPS) is 20.8. The van der Waals surface area contributed by atoms with Crippen LogP contribution in [0.15, 0.2) is 60.7 Å². The second-order valence-electron chi connectivity index (χ2n) is 7.13. The Hall–Kier alpha value is -1.64. The Morgan fingerprint density at radius 3 is 2.04 bits per heavy atom. The minimum Gasteiger partial charge on any atom is -0.296 e. The molecule has 128 valence electrons. The van der Waals surface area contributed by atoms with Gasteiger partial charge in [0.05, 0.1) is 0 Å². The molecule has 1 aliphatic heterocycles. The molecule has 0 aromatic heterocycles. The summed E-state index contributed by atoms with van der Waals surface area (Å²) in [7, 11) is 0. The summed E-state index contributed by atoms with van der Waals surface area (Å²) in [6, 6.07) is 22.4. The van der Waals surface area contributed by atoms with Gasteiger partial charge in [0.1, 0.15) is 0 Å². The maximum atomic E-state index is 2.70. The zero-order valence-electron chi connectivity index (χ0n) is 15.1. The predicted molar refractivity (Wildman–Crippen MR) is 102 cm³/mol. The lowest BCUT2D eigenvalue weighted by atomic mass is 9.94. The van der Waals surface area contributed by atoms with E-state index in [0.29, 0.717) is 6.04 Å². The fraction of sp³-hybridized carbons (Fsp3) is 0.455. The molecule has 0 saturated carbocycles. The van der Waals surface area contributed by atoms with Crippen molar-refractivity contribution in [2.75, 3.05) is 19.6 Å². The first kappa shape index (κ1) is 17.2. The van der Waals surface area contributed by atoms with E-state index in [9.17, 15) is 0 Å². The lowest BCUT2D eigenvalue weighted by Gasteiger charge is -2.44. The van der Waals surface area contributed by atoms with Crippen molar-refractivity contribution in [3.63, 3.8) is 0 Å². The van der Waals surface area contributed by atoms with Gasteiger partial charge in [-0.25, -0.2) is 0 Å². The third-order valence-electron chi connectivity index (χ3n) is 5.40. The summed E-state index contributed by atoms with van der Waals surface area (Å²) in [6.45, 7) is 10.4. The van der Waals surface area contributed by atoms with Crippen LogP contribution in [-0.4, -0.2) is 35.5 Å². The van der Waals surface area contributed by atoms with Crippen LogP contribution in [0.1, 0.15) is 31.4 Å². The maximum absolute atomic E-state index is 2.70. The maximum Gasteiger partial charge on any atom is 0.0252 e. The van der Waals surface area contributed by atoms with Gasteiger partial charge in [0.15, 0.2) is 0 Å². The Kier molecular flexibility index (Phi) is 6.06. The van der Waals surface area contributed by atoms with Gasteiger partial charge in [0.2, 0.25) is 0 Å². The summed E-state index contributed by atoms with van der Waals surface area (Å²) in [5.41, 5.74) is 2.86. The molecule has 0 amide bonds. The first-order valence-electron chi connectivity index (χ1n) is 9.30. The Bertz CT molecular complexity index is 596. The summed E-state index contributed by atoms with van der Waals surface area (Å²) >= 11 is 0. The summed E-state index contributed by atoms with van der Waals surface area (Å²) in [5, 5.41) is 0. The molecular formula is C22H30N2. The van der Waals surface area contributed by atoms with Gasteiger partial charge in [-0.05, 0) is 17.0 Å². The fourth-order valence-electron chi connectivity index (χ4n) is 3.72. The molecule has 0 N–H and O–H groups in total. The summed E-state index contributed by atoms with van der Waals surface area (Å²) in [5.74, 6) is 0.729. The van der Waals surface area contributed by atoms with Gasteiger partial charge < -0.3 is 0 Å². The van der Waals surface area contributed by atoms with Gasteiger partial charge in [-0.2, -0.15) is 0 Å². The first-order valence-corrected chi connectivity index (χ1v) is 9.30. The van der Waals surface area contributed by atoms with Crippen molar-refractivity contribution in [3.05, 3.63) is 71.8 Å². The summed E-state index contributed by atoms with van der Waals surface area (Å²) < 4.78 is 0. The second-order valence-corrected chi connectivity index (χ2v) is 7.13. The lowest BCUT2D eigenvalue weighted by molar-refractivity contribution is 0.0354. The molecule has 2 nitrogen and oxygen atoms in total. The minimum absolute atomic E-state index is 0.646. The highest BCUT2D eigenvalue weighted by Crippen LogP contribution is 2.23. The van der Waals surface area contributed by atoms with Crippen LogP contribution < -0.4 is 0 Å². The minimum atomic E-state index is 0.646. The zero-order chi connectivity index (χ0) is 16.8. The van der Waals surface area contributed by atoms with Crippen LogP contribution in [0.25, 0.3) is 0 Å². The van der Waals surface area contributed by atoms with E-state index >= 15 is 0 Å².